The van der Waals surface area contributed by atoms with Crippen LogP contribution in [0.15, 0.2) is 177 Å². The van der Waals surface area contributed by atoms with E-state index < -0.39 is 114 Å². The predicted octanol–water partition coefficient (Wildman–Crippen LogP) is 14.6. The third-order valence-corrected chi connectivity index (χ3v) is 34.2. The summed E-state index contributed by atoms with van der Waals surface area (Å²) in [5.41, 5.74) is -0.359. The molecule has 0 N–H and O–H groups in total. The van der Waals surface area contributed by atoms with Gasteiger partial charge in [0.15, 0.2) is 44.6 Å². The molecule has 14 rings (SSSR count). The maximum Gasteiger partial charge on any atom is 0.428 e. The summed E-state index contributed by atoms with van der Waals surface area (Å²) in [4.78, 5) is 41.5. The Morgan fingerprint density at radius 2 is 1.07 bits per heavy atom. The molecule has 2 atom stereocenters. The van der Waals surface area contributed by atoms with Crippen LogP contribution in [0.5, 0.6) is 5.75 Å². The van der Waals surface area contributed by atoms with Crippen molar-refractivity contribution in [3.05, 3.63) is 167 Å². The molecule has 4 aliphatic carbocycles. The van der Waals surface area contributed by atoms with Gasteiger partial charge in [0.1, 0.15) is 50.2 Å². The summed E-state index contributed by atoms with van der Waals surface area (Å²) in [6.45, 7) is 6.05. The number of sulfonamides is 3. The molecule has 8 aliphatic rings. The summed E-state index contributed by atoms with van der Waals surface area (Å²) in [5, 5.41) is -19.7. The number of nitrogens with zero attached hydrogens (tertiary/aromatic N) is 2. The maximum atomic E-state index is 13.5. The van der Waals surface area contributed by atoms with Crippen LogP contribution in [0.25, 0.3) is 14.9 Å². The minimum absolute atomic E-state index is 0.0146. The lowest BCUT2D eigenvalue weighted by Gasteiger charge is -2.54. The summed E-state index contributed by atoms with van der Waals surface area (Å²) in [7, 11) is -28.3. The summed E-state index contributed by atoms with van der Waals surface area (Å²) < 4.78 is 270. The topological polar surface area (TPSA) is 304 Å². The molecule has 4 bridgehead atoms. The number of halogens is 10. The normalized spacial score (nSPS) is 22.1. The molecule has 4 saturated carbocycles. The second kappa shape index (κ2) is 36.3. The summed E-state index contributed by atoms with van der Waals surface area (Å²) in [6, 6.07) is 55.1. The molecular formula is C73H84F10N2O17S8. The minimum Gasteiger partial charge on any atom is -0.743 e. The van der Waals surface area contributed by atoms with Gasteiger partial charge in [0, 0.05) is 75.2 Å². The lowest BCUT2D eigenvalue weighted by Crippen LogP contribution is -2.63. The van der Waals surface area contributed by atoms with Crippen LogP contribution in [0.3, 0.4) is 0 Å². The van der Waals surface area contributed by atoms with E-state index in [0.717, 1.165) is 24.3 Å². The van der Waals surface area contributed by atoms with Gasteiger partial charge in [0.05, 0.1) is 27.5 Å². The van der Waals surface area contributed by atoms with Crippen molar-refractivity contribution in [1.82, 2.24) is 4.31 Å². The molecule has 0 radical (unpaired) electrons. The zero-order valence-electron chi connectivity index (χ0n) is 59.9. The Balaban J connectivity index is 0.000000167. The average molecular weight is 1710 g/mol. The van der Waals surface area contributed by atoms with Crippen molar-refractivity contribution in [2.24, 2.45) is 17.8 Å². The Hall–Kier alpha value is -5.87. The smallest absolute Gasteiger partial charge is 0.428 e. The SMILES string of the molecule is CC(C)(C(=O)c1ccccc1)[S+]1CCCC1.CCCCOc1ccc([S+]2CCCC2)c2ccccc12.O=C1C2CC3CC1CC(OC(=O)C(F)(F)S(=O)(=O)[O-])(C3)C2.O=S(=O)([O-])C(F)(F)C(F)(F)C(F)(F)S(=O)(=O)N1CCCCC1.O=S1(=O)CCC(F)(F)S(=O)(=O)[N-]1.c1ccc([S+](c2ccccc2)c2ccccc2)cc1. The van der Waals surface area contributed by atoms with E-state index in [1.54, 1.807) is 4.90 Å². The number of carbonyl (C=O) groups is 3. The maximum absolute atomic E-state index is 13.5. The molecule has 4 heterocycles. The molecule has 19 nitrogen and oxygen atoms in total. The molecule has 0 aromatic heterocycles. The Morgan fingerprint density at radius 1 is 0.609 bits per heavy atom. The summed E-state index contributed by atoms with van der Waals surface area (Å²) in [5.74, 6) is -4.03. The molecule has 8 fully saturated rings. The number of ketones is 2. The van der Waals surface area contributed by atoms with Crippen LogP contribution in [0, 0.1) is 17.8 Å². The number of piperidine rings is 1. The van der Waals surface area contributed by atoms with Crippen LogP contribution in [0.1, 0.15) is 127 Å². The van der Waals surface area contributed by atoms with E-state index in [9.17, 15) is 109 Å². The quantitative estimate of drug-likeness (QED) is 0.0182. The van der Waals surface area contributed by atoms with Crippen molar-refractivity contribution in [3.8, 4) is 5.75 Å². The van der Waals surface area contributed by atoms with E-state index in [0.29, 0.717) is 42.4 Å². The van der Waals surface area contributed by atoms with Gasteiger partial charge in [-0.3, -0.25) is 9.59 Å². The lowest BCUT2D eigenvalue weighted by molar-refractivity contribution is -0.247. The average Bonchev–Trinajstić information content (AvgIpc) is 0.761. The van der Waals surface area contributed by atoms with Crippen molar-refractivity contribution in [2.75, 3.05) is 48.5 Å². The van der Waals surface area contributed by atoms with Gasteiger partial charge in [0.25, 0.3) is 10.0 Å². The number of Topliss-reactive ketones (excluding diaryl/α,β-unsaturated/α-hetero) is 2. The van der Waals surface area contributed by atoms with E-state index in [4.69, 9.17) is 9.47 Å². The van der Waals surface area contributed by atoms with Crippen molar-refractivity contribution < 1.29 is 119 Å². The largest absolute Gasteiger partial charge is 0.743 e. The molecule has 6 aromatic rings. The van der Waals surface area contributed by atoms with E-state index >= 15 is 0 Å². The number of rotatable bonds is 19. The molecule has 0 amide bonds. The van der Waals surface area contributed by atoms with Gasteiger partial charge >= 0.3 is 32.9 Å². The van der Waals surface area contributed by atoms with Crippen molar-refractivity contribution in [3.63, 3.8) is 0 Å². The Morgan fingerprint density at radius 3 is 1.53 bits per heavy atom. The number of hydrogen-bond donors (Lipinski definition) is 0. The molecule has 4 saturated heterocycles. The first kappa shape index (κ1) is 89.7. The van der Waals surface area contributed by atoms with Gasteiger partial charge in [-0.05, 0) is 151 Å². The molecular weight excluding hydrogens is 1620 g/mol. The van der Waals surface area contributed by atoms with Crippen LogP contribution in [-0.4, -0.2) is 159 Å². The number of fused-ring (bicyclic) bond motifs is 1. The van der Waals surface area contributed by atoms with Gasteiger partial charge < -0.3 is 22.7 Å². The number of unbranched alkanes of at least 4 members (excludes halogenated alkanes) is 1. The number of benzene rings is 6. The van der Waals surface area contributed by atoms with Crippen LogP contribution in [-0.2, 0) is 97.3 Å². The highest BCUT2D eigenvalue weighted by atomic mass is 32.3. The highest BCUT2D eigenvalue weighted by Crippen LogP contribution is 2.57. The van der Waals surface area contributed by atoms with Crippen LogP contribution in [0.2, 0.25) is 0 Å². The Bertz CT molecular complexity index is 4630. The van der Waals surface area contributed by atoms with Crippen molar-refractivity contribution in [1.29, 1.82) is 0 Å². The molecule has 0 spiro atoms. The fourth-order valence-electron chi connectivity index (χ4n) is 13.7. The second-order valence-electron chi connectivity index (χ2n) is 27.5. The minimum atomic E-state index is -7.23. The van der Waals surface area contributed by atoms with E-state index in [1.165, 1.54) is 80.6 Å². The highest BCUT2D eigenvalue weighted by molar-refractivity contribution is 8.13. The first-order chi connectivity index (χ1) is 51.3. The number of alkyl halides is 10. The van der Waals surface area contributed by atoms with E-state index in [2.05, 4.69) is 152 Å². The predicted molar refractivity (Wildman–Crippen MR) is 398 cm³/mol. The Kier molecular flexibility index (Phi) is 29.6. The standard InChI is InChI=1S/C18H23OS.C18H15S.C14H19OS.C12H14F2O6S.C8H11F6NO5S2.C3H4F2NO4S2/c1-2-3-12-19-17-10-11-18(20-13-6-7-14-20)16-9-5-4-8-15(16)17;1-4-10-16(11-5-1)19(17-12-6-2-7-13-17)18-14-8-3-9-15-18;1-14(2,16-10-6-7-11-16)13(15)12-8-4-3-5-9-12;13-12(14,21(17,18)19)10(16)20-11-3-6-1-7(4-11)9(15)8(2-6)5-11;9-6(10,8(13,14)22(18,19)20)7(11,12)21(16,17)15-4-2-1-3-5-15;4-3(5)1-2-11(7,8)6-12(3,9)10/h4-5,8-11H,2-3,6-7,12-14H2,1H3;1-15H;3-5,8-9H,6-7,10-11H2,1-2H3;6-8H,1-5H2,(H,17,18,19);1-5H2,(H,18,19,20);1-2H2/q3*+1;;;-1/p-2. The van der Waals surface area contributed by atoms with Crippen molar-refractivity contribution >= 4 is 111 Å². The fourth-order valence-corrected chi connectivity index (χ4v) is 26.2. The number of hydrogen-bond acceptors (Lipinski definition) is 17. The van der Waals surface area contributed by atoms with Gasteiger partial charge in [0.2, 0.25) is 5.78 Å². The fraction of sp³-hybridized carbons (Fsp3) is 0.493. The monoisotopic (exact) mass is 1710 g/mol. The third-order valence-electron chi connectivity index (χ3n) is 19.3. The number of ether oxygens (including phenoxy) is 2. The molecule has 110 heavy (non-hydrogen) atoms. The summed E-state index contributed by atoms with van der Waals surface area (Å²) >= 11 is 0. The van der Waals surface area contributed by atoms with Gasteiger partial charge in [-0.2, -0.15) is 48.2 Å². The van der Waals surface area contributed by atoms with Gasteiger partial charge in [-0.25, -0.2) is 46.9 Å². The third kappa shape index (κ3) is 20.8. The Labute approximate surface area is 643 Å². The number of carbonyl (C=O) groups excluding carboxylic acids is 3. The molecule has 606 valence electrons. The molecule has 37 heteroatoms. The number of esters is 1. The van der Waals surface area contributed by atoms with Crippen LogP contribution >= 0.6 is 0 Å². The first-order valence-corrected chi connectivity index (χ1v) is 46.7. The van der Waals surface area contributed by atoms with Crippen LogP contribution < -0.4 is 4.74 Å². The molecule has 4 aliphatic heterocycles. The van der Waals surface area contributed by atoms with E-state index in [1.807, 2.05) is 30.3 Å². The highest BCUT2D eigenvalue weighted by Gasteiger charge is 2.81. The lowest BCUT2D eigenvalue weighted by atomic mass is 9.53. The van der Waals surface area contributed by atoms with Crippen molar-refractivity contribution in [2.45, 2.75) is 174 Å². The zero-order valence-corrected chi connectivity index (χ0v) is 66.4. The molecule has 2 unspecified atom stereocenters. The zero-order chi connectivity index (χ0) is 81.2. The first-order valence-electron chi connectivity index (χ1n) is 35.1. The van der Waals surface area contributed by atoms with Gasteiger partial charge in [-0.15, -0.1) is 0 Å². The second-order valence-corrected chi connectivity index (χ2v) is 43.1. The molecule has 6 aromatic carbocycles. The van der Waals surface area contributed by atoms with Gasteiger partial charge in [-0.1, -0.05) is 123 Å². The van der Waals surface area contributed by atoms with Crippen LogP contribution in [0.4, 0.5) is 43.9 Å². The van der Waals surface area contributed by atoms with E-state index in [-0.39, 0.29) is 80.1 Å². The summed E-state index contributed by atoms with van der Waals surface area (Å²) in [6.07, 6.45) is 8.90.